The van der Waals surface area contributed by atoms with Gasteiger partial charge in [0.05, 0.1) is 6.20 Å². The van der Waals surface area contributed by atoms with Crippen LogP contribution in [0.4, 0.5) is 5.82 Å². The van der Waals surface area contributed by atoms with Crippen LogP contribution in [-0.4, -0.2) is 23.6 Å². The fourth-order valence-electron chi connectivity index (χ4n) is 1.47. The molecule has 0 aliphatic heterocycles. The van der Waals surface area contributed by atoms with E-state index in [1.807, 2.05) is 13.0 Å². The largest absolute Gasteiger partial charge is 0.264 e. The number of nitriles is 1. The van der Waals surface area contributed by atoms with E-state index in [4.69, 9.17) is 5.26 Å². The molecule has 0 atom stereocenters. The highest BCUT2D eigenvalue weighted by atomic mass is 32.2. The second-order valence-electron chi connectivity index (χ2n) is 3.72. The van der Waals surface area contributed by atoms with Crippen LogP contribution in [0.15, 0.2) is 29.4 Å². The fourth-order valence-corrected chi connectivity index (χ4v) is 2.47. The van der Waals surface area contributed by atoms with Gasteiger partial charge in [-0.15, -0.1) is 0 Å². The third-order valence-electron chi connectivity index (χ3n) is 2.50. The standard InChI is InChI=1S/C11H11N5O2S/c1-2-8-6-14-15-11(8)16-19(17,18)10-4-3-9(5-12)13-7-10/h3-4,6-7H,2H2,1H3,(H2,14,15,16). The Morgan fingerprint density at radius 3 is 2.79 bits per heavy atom. The molecule has 2 rings (SSSR count). The Hall–Kier alpha value is -2.40. The normalized spacial score (nSPS) is 10.9. The van der Waals surface area contributed by atoms with Crippen LogP contribution in [0, 0.1) is 11.3 Å². The number of aromatic amines is 1. The van der Waals surface area contributed by atoms with Gasteiger partial charge in [-0.25, -0.2) is 13.4 Å². The summed E-state index contributed by atoms with van der Waals surface area (Å²) in [6.07, 6.45) is 3.36. The van der Waals surface area contributed by atoms with Gasteiger partial charge in [-0.2, -0.15) is 10.4 Å². The molecule has 0 fully saturated rings. The summed E-state index contributed by atoms with van der Waals surface area (Å²) < 4.78 is 26.6. The quantitative estimate of drug-likeness (QED) is 0.867. The van der Waals surface area contributed by atoms with Crippen LogP contribution in [0.3, 0.4) is 0 Å². The van der Waals surface area contributed by atoms with Gasteiger partial charge in [0, 0.05) is 11.8 Å². The lowest BCUT2D eigenvalue weighted by Crippen LogP contribution is -2.14. The number of aryl methyl sites for hydroxylation is 1. The minimum atomic E-state index is -3.73. The van der Waals surface area contributed by atoms with Crippen molar-refractivity contribution in [2.24, 2.45) is 0 Å². The molecule has 0 unspecified atom stereocenters. The van der Waals surface area contributed by atoms with Crippen molar-refractivity contribution in [1.82, 2.24) is 15.2 Å². The van der Waals surface area contributed by atoms with Gasteiger partial charge >= 0.3 is 0 Å². The SMILES string of the molecule is CCc1cn[nH]c1NS(=O)(=O)c1ccc(C#N)nc1. The molecule has 2 heterocycles. The number of aromatic nitrogens is 3. The molecule has 0 radical (unpaired) electrons. The van der Waals surface area contributed by atoms with Crippen molar-refractivity contribution >= 4 is 15.8 Å². The molecule has 2 aromatic heterocycles. The Kier molecular flexibility index (Phi) is 3.48. The van der Waals surface area contributed by atoms with Crippen LogP contribution in [0.25, 0.3) is 0 Å². The topological polar surface area (TPSA) is 112 Å². The van der Waals surface area contributed by atoms with Gasteiger partial charge in [-0.3, -0.25) is 9.82 Å². The lowest BCUT2D eigenvalue weighted by Gasteiger charge is -2.07. The third kappa shape index (κ3) is 2.71. The van der Waals surface area contributed by atoms with E-state index in [0.717, 1.165) is 11.8 Å². The first kappa shape index (κ1) is 13.0. The maximum absolute atomic E-state index is 12.1. The molecule has 0 saturated carbocycles. The van der Waals surface area contributed by atoms with Gasteiger partial charge < -0.3 is 0 Å². The van der Waals surface area contributed by atoms with E-state index >= 15 is 0 Å². The Labute approximate surface area is 110 Å². The Balaban J connectivity index is 2.30. The molecule has 7 nitrogen and oxygen atoms in total. The molecule has 0 aromatic carbocycles. The zero-order chi connectivity index (χ0) is 13.9. The molecule has 0 bridgehead atoms. The monoisotopic (exact) mass is 277 g/mol. The molecule has 0 amide bonds. The van der Waals surface area contributed by atoms with E-state index in [1.165, 1.54) is 12.1 Å². The molecule has 0 aliphatic rings. The summed E-state index contributed by atoms with van der Waals surface area (Å²) in [6, 6.07) is 4.51. The highest BCUT2D eigenvalue weighted by Crippen LogP contribution is 2.17. The van der Waals surface area contributed by atoms with Crippen molar-refractivity contribution < 1.29 is 8.42 Å². The third-order valence-corrected chi connectivity index (χ3v) is 3.83. The number of hydrogen-bond acceptors (Lipinski definition) is 5. The Bertz CT molecular complexity index is 712. The number of sulfonamides is 1. The van der Waals surface area contributed by atoms with Crippen LogP contribution in [0.5, 0.6) is 0 Å². The maximum atomic E-state index is 12.1. The highest BCUT2D eigenvalue weighted by Gasteiger charge is 2.17. The number of anilines is 1. The van der Waals surface area contributed by atoms with Crippen molar-refractivity contribution in [3.05, 3.63) is 35.8 Å². The average molecular weight is 277 g/mol. The highest BCUT2D eigenvalue weighted by molar-refractivity contribution is 7.92. The van der Waals surface area contributed by atoms with E-state index in [2.05, 4.69) is 19.9 Å². The van der Waals surface area contributed by atoms with Crippen molar-refractivity contribution in [3.63, 3.8) is 0 Å². The lowest BCUT2D eigenvalue weighted by atomic mass is 10.3. The number of H-pyrrole nitrogens is 1. The smallest absolute Gasteiger partial charge is 0.263 e. The van der Waals surface area contributed by atoms with Crippen molar-refractivity contribution in [3.8, 4) is 6.07 Å². The summed E-state index contributed by atoms with van der Waals surface area (Å²) in [6.45, 7) is 1.89. The number of nitrogens with zero attached hydrogens (tertiary/aromatic N) is 3. The molecule has 19 heavy (non-hydrogen) atoms. The molecule has 0 aliphatic carbocycles. The van der Waals surface area contributed by atoms with Crippen LogP contribution in [-0.2, 0) is 16.4 Å². The van der Waals surface area contributed by atoms with Gasteiger partial charge in [0.15, 0.2) is 0 Å². The van der Waals surface area contributed by atoms with Gasteiger partial charge in [-0.05, 0) is 18.6 Å². The first-order valence-corrected chi connectivity index (χ1v) is 6.96. The van der Waals surface area contributed by atoms with E-state index < -0.39 is 10.0 Å². The van der Waals surface area contributed by atoms with Crippen LogP contribution < -0.4 is 4.72 Å². The summed E-state index contributed by atoms with van der Waals surface area (Å²) in [5.41, 5.74) is 0.930. The first-order chi connectivity index (χ1) is 9.06. The lowest BCUT2D eigenvalue weighted by molar-refractivity contribution is 0.600. The zero-order valence-corrected chi connectivity index (χ0v) is 10.9. The minimum Gasteiger partial charge on any atom is -0.263 e. The van der Waals surface area contributed by atoms with Crippen molar-refractivity contribution in [2.75, 3.05) is 4.72 Å². The summed E-state index contributed by atoms with van der Waals surface area (Å²) in [4.78, 5) is 3.72. The van der Waals surface area contributed by atoms with E-state index in [0.29, 0.717) is 12.2 Å². The van der Waals surface area contributed by atoms with Crippen molar-refractivity contribution in [2.45, 2.75) is 18.2 Å². The predicted octanol–water partition coefficient (Wildman–Crippen LogP) is 1.04. The number of rotatable bonds is 4. The Morgan fingerprint density at radius 2 is 2.21 bits per heavy atom. The molecular weight excluding hydrogens is 266 g/mol. The summed E-state index contributed by atoms with van der Waals surface area (Å²) in [5, 5.41) is 15.0. The second kappa shape index (κ2) is 5.07. The molecule has 2 N–H and O–H groups in total. The zero-order valence-electron chi connectivity index (χ0n) is 10.1. The van der Waals surface area contributed by atoms with E-state index in [1.54, 1.807) is 6.20 Å². The first-order valence-electron chi connectivity index (χ1n) is 5.48. The second-order valence-corrected chi connectivity index (χ2v) is 5.40. The van der Waals surface area contributed by atoms with Crippen molar-refractivity contribution in [1.29, 1.82) is 5.26 Å². The molecule has 2 aromatic rings. The predicted molar refractivity (Wildman–Crippen MR) is 67.7 cm³/mol. The summed E-state index contributed by atoms with van der Waals surface area (Å²) in [7, 11) is -3.73. The molecular formula is C11H11N5O2S. The molecule has 0 spiro atoms. The van der Waals surface area contributed by atoms with Gasteiger partial charge in [0.2, 0.25) is 0 Å². The summed E-state index contributed by atoms with van der Waals surface area (Å²) >= 11 is 0. The van der Waals surface area contributed by atoms with E-state index in [9.17, 15) is 8.42 Å². The van der Waals surface area contributed by atoms with Crippen LogP contribution in [0.2, 0.25) is 0 Å². The average Bonchev–Trinajstić information content (AvgIpc) is 2.85. The summed E-state index contributed by atoms with van der Waals surface area (Å²) in [5.74, 6) is 0.340. The maximum Gasteiger partial charge on any atom is 0.264 e. The molecule has 8 heteroatoms. The number of pyridine rings is 1. The molecule has 98 valence electrons. The van der Waals surface area contributed by atoms with Gasteiger partial charge in [0.25, 0.3) is 10.0 Å². The van der Waals surface area contributed by atoms with Crippen LogP contribution in [0.1, 0.15) is 18.2 Å². The number of nitrogens with one attached hydrogen (secondary N) is 2. The molecule has 0 saturated heterocycles. The fraction of sp³-hybridized carbons (Fsp3) is 0.182. The number of hydrogen-bond donors (Lipinski definition) is 2. The van der Waals surface area contributed by atoms with E-state index in [-0.39, 0.29) is 10.6 Å². The minimum absolute atomic E-state index is 0.0110. The Morgan fingerprint density at radius 1 is 1.42 bits per heavy atom. The van der Waals surface area contributed by atoms with Gasteiger partial charge in [0.1, 0.15) is 22.5 Å². The van der Waals surface area contributed by atoms with Gasteiger partial charge in [-0.1, -0.05) is 6.92 Å². The van der Waals surface area contributed by atoms with Crippen LogP contribution >= 0.6 is 0 Å².